The van der Waals surface area contributed by atoms with E-state index in [-0.39, 0.29) is 10.8 Å². The van der Waals surface area contributed by atoms with Crippen LogP contribution >= 0.6 is 0 Å². The third-order valence-electron chi connectivity index (χ3n) is 4.14. The van der Waals surface area contributed by atoms with E-state index < -0.39 is 16.1 Å². The zero-order valence-electron chi connectivity index (χ0n) is 16.9. The van der Waals surface area contributed by atoms with E-state index in [4.69, 9.17) is 4.74 Å². The third-order valence-corrected chi connectivity index (χ3v) is 5.52. The first kappa shape index (κ1) is 21.8. The van der Waals surface area contributed by atoms with Crippen LogP contribution in [0.2, 0.25) is 0 Å². The molecule has 0 heterocycles. The van der Waals surface area contributed by atoms with E-state index in [2.05, 4.69) is 10.0 Å². The number of aryl methyl sites for hydroxylation is 2. The molecule has 28 heavy (non-hydrogen) atoms. The van der Waals surface area contributed by atoms with Crippen molar-refractivity contribution in [1.29, 1.82) is 0 Å². The molecular weight excluding hydrogens is 376 g/mol. The molecule has 2 aromatic rings. The van der Waals surface area contributed by atoms with Crippen LogP contribution in [0.4, 0.5) is 5.69 Å². The van der Waals surface area contributed by atoms with Gasteiger partial charge in [0.1, 0.15) is 5.75 Å². The van der Waals surface area contributed by atoms with E-state index in [1.54, 1.807) is 25.1 Å². The molecule has 0 aliphatic heterocycles. The van der Waals surface area contributed by atoms with Crippen LogP contribution < -0.4 is 14.8 Å². The van der Waals surface area contributed by atoms with Crippen molar-refractivity contribution in [1.82, 2.24) is 5.32 Å². The van der Waals surface area contributed by atoms with Gasteiger partial charge in [-0.1, -0.05) is 26.0 Å². The number of hydrogen-bond acceptors (Lipinski definition) is 4. The molecule has 0 fully saturated rings. The average molecular weight is 405 g/mol. The van der Waals surface area contributed by atoms with E-state index in [9.17, 15) is 13.2 Å². The van der Waals surface area contributed by atoms with Crippen LogP contribution in [0.3, 0.4) is 0 Å². The molecule has 152 valence electrons. The Morgan fingerprint density at radius 3 is 2.29 bits per heavy atom. The number of anilines is 1. The molecule has 2 N–H and O–H groups in total. The average Bonchev–Trinajstić information content (AvgIpc) is 2.63. The third kappa shape index (κ3) is 5.99. The highest BCUT2D eigenvalue weighted by atomic mass is 32.2. The van der Waals surface area contributed by atoms with Crippen molar-refractivity contribution in [2.75, 3.05) is 11.3 Å². The van der Waals surface area contributed by atoms with Gasteiger partial charge in [0.15, 0.2) is 6.10 Å². The Labute approximate surface area is 167 Å². The summed E-state index contributed by atoms with van der Waals surface area (Å²) in [7, 11) is -3.72. The number of sulfonamides is 1. The number of hydrogen-bond donors (Lipinski definition) is 2. The molecule has 0 saturated carbocycles. The molecule has 0 aromatic heterocycles. The van der Waals surface area contributed by atoms with Crippen LogP contribution in [0, 0.1) is 19.8 Å². The van der Waals surface area contributed by atoms with Crippen LogP contribution in [0.1, 0.15) is 31.9 Å². The number of benzene rings is 2. The fourth-order valence-electron chi connectivity index (χ4n) is 2.45. The maximum Gasteiger partial charge on any atom is 0.261 e. The van der Waals surface area contributed by atoms with Gasteiger partial charge in [-0.05, 0) is 68.1 Å². The highest BCUT2D eigenvalue weighted by Crippen LogP contribution is 2.23. The number of carbonyl (C=O) groups excluding carboxylic acids is 1. The minimum atomic E-state index is -3.72. The number of nitrogens with one attached hydrogen (secondary N) is 2. The fourth-order valence-corrected chi connectivity index (χ4v) is 3.57. The first-order valence-electron chi connectivity index (χ1n) is 9.23. The Bertz CT molecular complexity index is 922. The molecule has 0 radical (unpaired) electrons. The van der Waals surface area contributed by atoms with Crippen LogP contribution in [0.25, 0.3) is 0 Å². The first-order chi connectivity index (χ1) is 13.1. The highest BCUT2D eigenvalue weighted by molar-refractivity contribution is 7.92. The summed E-state index contributed by atoms with van der Waals surface area (Å²) in [6, 6.07) is 11.6. The molecule has 7 heteroatoms. The van der Waals surface area contributed by atoms with E-state index in [1.807, 2.05) is 39.8 Å². The SMILES string of the molecule is Cc1ccc(C)c(NS(=O)(=O)c2ccc(O[C@H](C)C(=O)NCC(C)C)cc2)c1. The summed E-state index contributed by atoms with van der Waals surface area (Å²) in [5, 5.41) is 2.81. The van der Waals surface area contributed by atoms with Crippen molar-refractivity contribution >= 4 is 21.6 Å². The molecule has 0 aliphatic carbocycles. The summed E-state index contributed by atoms with van der Waals surface area (Å²) in [4.78, 5) is 12.1. The van der Waals surface area contributed by atoms with Gasteiger partial charge in [-0.2, -0.15) is 0 Å². The zero-order valence-corrected chi connectivity index (χ0v) is 17.8. The van der Waals surface area contributed by atoms with Gasteiger partial charge in [0.25, 0.3) is 15.9 Å². The van der Waals surface area contributed by atoms with Crippen molar-refractivity contribution in [2.45, 2.75) is 45.6 Å². The van der Waals surface area contributed by atoms with E-state index in [0.717, 1.165) is 11.1 Å². The first-order valence-corrected chi connectivity index (χ1v) is 10.7. The van der Waals surface area contributed by atoms with Crippen LogP contribution in [0.5, 0.6) is 5.75 Å². The lowest BCUT2D eigenvalue weighted by atomic mass is 10.1. The maximum atomic E-state index is 12.6. The van der Waals surface area contributed by atoms with Gasteiger partial charge in [0.05, 0.1) is 10.6 Å². The van der Waals surface area contributed by atoms with Crippen LogP contribution in [-0.2, 0) is 14.8 Å². The summed E-state index contributed by atoms with van der Waals surface area (Å²) in [5.74, 6) is 0.574. The standard InChI is InChI=1S/C21H28N2O4S/c1-14(2)13-22-21(24)17(5)27-18-8-10-19(11-9-18)28(25,26)23-20-12-15(3)6-7-16(20)4/h6-12,14,17,23H,13H2,1-5H3,(H,22,24)/t17-/m1/s1. The second-order valence-corrected chi connectivity index (χ2v) is 8.98. The van der Waals surface area contributed by atoms with E-state index >= 15 is 0 Å². The van der Waals surface area contributed by atoms with E-state index in [1.165, 1.54) is 12.1 Å². The molecule has 6 nitrogen and oxygen atoms in total. The molecule has 0 unspecified atom stereocenters. The summed E-state index contributed by atoms with van der Waals surface area (Å²) in [6.07, 6.45) is -0.672. The minimum Gasteiger partial charge on any atom is -0.481 e. The lowest BCUT2D eigenvalue weighted by molar-refractivity contribution is -0.127. The van der Waals surface area contributed by atoms with Crippen molar-refractivity contribution in [3.05, 3.63) is 53.6 Å². The number of rotatable bonds is 8. The quantitative estimate of drug-likeness (QED) is 0.703. The molecule has 0 aliphatic rings. The largest absolute Gasteiger partial charge is 0.481 e. The van der Waals surface area contributed by atoms with Crippen molar-refractivity contribution in [3.63, 3.8) is 0 Å². The molecule has 0 spiro atoms. The lowest BCUT2D eigenvalue weighted by Gasteiger charge is -2.16. The Hall–Kier alpha value is -2.54. The second kappa shape index (κ2) is 9.10. The molecule has 2 rings (SSSR count). The van der Waals surface area contributed by atoms with Crippen molar-refractivity contribution in [3.8, 4) is 5.75 Å². The van der Waals surface area contributed by atoms with Gasteiger partial charge in [-0.25, -0.2) is 8.42 Å². The summed E-state index contributed by atoms with van der Waals surface area (Å²) < 4.78 is 33.5. The zero-order chi connectivity index (χ0) is 20.9. The second-order valence-electron chi connectivity index (χ2n) is 7.29. The van der Waals surface area contributed by atoms with E-state index in [0.29, 0.717) is 23.9 Å². The molecule has 1 atom stereocenters. The van der Waals surface area contributed by atoms with Crippen LogP contribution in [-0.4, -0.2) is 27.0 Å². The fraction of sp³-hybridized carbons (Fsp3) is 0.381. The highest BCUT2D eigenvalue weighted by Gasteiger charge is 2.17. The van der Waals surface area contributed by atoms with Crippen molar-refractivity contribution < 1.29 is 17.9 Å². The lowest BCUT2D eigenvalue weighted by Crippen LogP contribution is -2.38. The minimum absolute atomic E-state index is 0.123. The summed E-state index contributed by atoms with van der Waals surface area (Å²) in [5.41, 5.74) is 2.36. The topological polar surface area (TPSA) is 84.5 Å². The normalized spacial score (nSPS) is 12.5. The van der Waals surface area contributed by atoms with Gasteiger partial charge in [0.2, 0.25) is 0 Å². The molecule has 1 amide bonds. The Morgan fingerprint density at radius 1 is 1.04 bits per heavy atom. The van der Waals surface area contributed by atoms with Gasteiger partial charge < -0.3 is 10.1 Å². The molecule has 0 saturated heterocycles. The van der Waals surface area contributed by atoms with Gasteiger partial charge in [-0.15, -0.1) is 0 Å². The number of ether oxygens (including phenoxy) is 1. The van der Waals surface area contributed by atoms with Gasteiger partial charge >= 0.3 is 0 Å². The predicted molar refractivity (Wildman–Crippen MR) is 111 cm³/mol. The molecular formula is C21H28N2O4S. The van der Waals surface area contributed by atoms with Crippen molar-refractivity contribution in [2.24, 2.45) is 5.92 Å². The molecule has 2 aromatic carbocycles. The Balaban J connectivity index is 2.06. The maximum absolute atomic E-state index is 12.6. The summed E-state index contributed by atoms with van der Waals surface area (Å²) >= 11 is 0. The monoisotopic (exact) mass is 404 g/mol. The van der Waals surface area contributed by atoms with Gasteiger partial charge in [0, 0.05) is 6.54 Å². The van der Waals surface area contributed by atoms with Gasteiger partial charge in [-0.3, -0.25) is 9.52 Å². The Morgan fingerprint density at radius 2 is 1.68 bits per heavy atom. The summed E-state index contributed by atoms with van der Waals surface area (Å²) in [6.45, 7) is 10.0. The smallest absolute Gasteiger partial charge is 0.261 e. The number of carbonyl (C=O) groups is 1. The molecule has 0 bridgehead atoms. The Kier molecular flexibility index (Phi) is 7.07. The van der Waals surface area contributed by atoms with Crippen LogP contribution in [0.15, 0.2) is 47.4 Å². The predicted octanol–water partition coefficient (Wildman–Crippen LogP) is 3.64. The number of amides is 1.